The number of anilines is 4. The maximum Gasteiger partial charge on any atom is 0.247 e. The van der Waals surface area contributed by atoms with Crippen molar-refractivity contribution in [2.24, 2.45) is 5.92 Å². The number of amides is 1. The number of rotatable bonds is 3. The number of aryl methyl sites for hydroxylation is 1. The first-order valence-electron chi connectivity index (χ1n) is 8.71. The molecule has 1 amide bonds. The third-order valence-corrected chi connectivity index (χ3v) is 4.61. The lowest BCUT2D eigenvalue weighted by Crippen LogP contribution is -2.42. The van der Waals surface area contributed by atoms with Crippen LogP contribution in [0.5, 0.6) is 0 Å². The van der Waals surface area contributed by atoms with Gasteiger partial charge in [0.15, 0.2) is 0 Å². The highest BCUT2D eigenvalue weighted by molar-refractivity contribution is 6.07. The van der Waals surface area contributed by atoms with Gasteiger partial charge in [0.2, 0.25) is 5.91 Å². The lowest BCUT2D eigenvalue weighted by atomic mass is 10.00. The van der Waals surface area contributed by atoms with Gasteiger partial charge in [-0.3, -0.25) is 4.79 Å². The molecule has 3 aromatic rings. The highest BCUT2D eigenvalue weighted by Crippen LogP contribution is 2.35. The summed E-state index contributed by atoms with van der Waals surface area (Å²) in [5.41, 5.74) is 4.61. The molecule has 1 atom stereocenters. The molecule has 1 aliphatic heterocycles. The Hall–Kier alpha value is -3.15. The van der Waals surface area contributed by atoms with Crippen LogP contribution in [-0.4, -0.2) is 21.9 Å². The van der Waals surface area contributed by atoms with E-state index in [9.17, 15) is 4.79 Å². The van der Waals surface area contributed by atoms with Crippen molar-refractivity contribution in [3.05, 3.63) is 48.3 Å². The normalized spacial score (nSPS) is 16.2. The summed E-state index contributed by atoms with van der Waals surface area (Å²) >= 11 is 0. The zero-order valence-electron chi connectivity index (χ0n) is 15.0. The van der Waals surface area contributed by atoms with E-state index in [0.717, 1.165) is 28.0 Å². The van der Waals surface area contributed by atoms with Crippen LogP contribution in [0.15, 0.2) is 42.7 Å². The van der Waals surface area contributed by atoms with Crippen molar-refractivity contribution in [3.63, 3.8) is 0 Å². The number of hydrogen-bond donors (Lipinski definition) is 3. The van der Waals surface area contributed by atoms with Gasteiger partial charge in [0.25, 0.3) is 0 Å². The van der Waals surface area contributed by atoms with E-state index < -0.39 is 0 Å². The average Bonchev–Trinajstić information content (AvgIpc) is 2.62. The Kier molecular flexibility index (Phi) is 3.95. The summed E-state index contributed by atoms with van der Waals surface area (Å²) in [6.45, 7) is 6.10. The van der Waals surface area contributed by atoms with Crippen molar-refractivity contribution in [1.29, 1.82) is 0 Å². The van der Waals surface area contributed by atoms with Crippen LogP contribution >= 0.6 is 0 Å². The van der Waals surface area contributed by atoms with E-state index in [1.54, 1.807) is 6.33 Å². The number of benzene rings is 2. The Balaban J connectivity index is 1.74. The number of nitrogens with zero attached hydrogens (tertiary/aromatic N) is 2. The number of carbonyl (C=O) groups is 1. The van der Waals surface area contributed by atoms with E-state index in [1.807, 2.05) is 50.2 Å². The molecule has 1 aromatic heterocycles. The Morgan fingerprint density at radius 2 is 1.85 bits per heavy atom. The first-order chi connectivity index (χ1) is 12.5. The summed E-state index contributed by atoms with van der Waals surface area (Å²) < 4.78 is 0. The maximum atomic E-state index is 12.3. The quantitative estimate of drug-likeness (QED) is 0.665. The summed E-state index contributed by atoms with van der Waals surface area (Å²) in [6.07, 6.45) is 1.55. The lowest BCUT2D eigenvalue weighted by molar-refractivity contribution is -0.117. The molecule has 6 heteroatoms. The summed E-state index contributed by atoms with van der Waals surface area (Å²) in [4.78, 5) is 21.1. The van der Waals surface area contributed by atoms with E-state index in [-0.39, 0.29) is 17.9 Å². The Bertz CT molecular complexity index is 981. The van der Waals surface area contributed by atoms with E-state index in [0.29, 0.717) is 5.82 Å². The van der Waals surface area contributed by atoms with Crippen LogP contribution in [0.25, 0.3) is 10.9 Å². The minimum atomic E-state index is -0.244. The maximum absolute atomic E-state index is 12.3. The standard InChI is InChI=1S/C20H21N5O/c1-11(2)18-20(26)25-16-8-14-15(9-17(16)24-18)21-10-22-19(14)23-13-6-4-12(3)5-7-13/h4-11,18,24H,1-3H3,(H,25,26)(H,21,22,23)/t18-/m0/s1. The SMILES string of the molecule is Cc1ccc(Nc2ncnc3cc4c(cc23)NC(=O)[C@H](C(C)C)N4)cc1. The van der Waals surface area contributed by atoms with Crippen LogP contribution in [0, 0.1) is 12.8 Å². The van der Waals surface area contributed by atoms with Gasteiger partial charge in [-0.1, -0.05) is 31.5 Å². The van der Waals surface area contributed by atoms with Gasteiger partial charge in [0, 0.05) is 11.1 Å². The second-order valence-electron chi connectivity index (χ2n) is 6.98. The summed E-state index contributed by atoms with van der Waals surface area (Å²) in [5, 5.41) is 10.5. The largest absolute Gasteiger partial charge is 0.372 e. The van der Waals surface area contributed by atoms with Crippen molar-refractivity contribution < 1.29 is 4.79 Å². The Morgan fingerprint density at radius 3 is 2.58 bits per heavy atom. The molecule has 0 radical (unpaired) electrons. The zero-order valence-corrected chi connectivity index (χ0v) is 15.0. The van der Waals surface area contributed by atoms with E-state index in [4.69, 9.17) is 0 Å². The minimum Gasteiger partial charge on any atom is -0.372 e. The molecule has 0 spiro atoms. The van der Waals surface area contributed by atoms with Crippen LogP contribution in [-0.2, 0) is 4.79 Å². The molecule has 3 N–H and O–H groups in total. The molecular weight excluding hydrogens is 326 g/mol. The fourth-order valence-corrected chi connectivity index (χ4v) is 3.11. The molecule has 0 fully saturated rings. The first-order valence-corrected chi connectivity index (χ1v) is 8.71. The van der Waals surface area contributed by atoms with Crippen molar-refractivity contribution in [3.8, 4) is 0 Å². The van der Waals surface area contributed by atoms with Crippen molar-refractivity contribution in [1.82, 2.24) is 9.97 Å². The fraction of sp³-hybridized carbons (Fsp3) is 0.250. The van der Waals surface area contributed by atoms with E-state index >= 15 is 0 Å². The fourth-order valence-electron chi connectivity index (χ4n) is 3.11. The minimum absolute atomic E-state index is 0.0169. The number of nitrogens with one attached hydrogen (secondary N) is 3. The van der Waals surface area contributed by atoms with Crippen LogP contribution in [0.3, 0.4) is 0 Å². The third kappa shape index (κ3) is 2.94. The van der Waals surface area contributed by atoms with Gasteiger partial charge >= 0.3 is 0 Å². The van der Waals surface area contributed by atoms with Crippen molar-refractivity contribution in [2.45, 2.75) is 26.8 Å². The van der Waals surface area contributed by atoms with Crippen LogP contribution in [0.4, 0.5) is 22.9 Å². The summed E-state index contributed by atoms with van der Waals surface area (Å²) in [5.74, 6) is 0.890. The molecule has 4 rings (SSSR count). The molecule has 6 nitrogen and oxygen atoms in total. The zero-order chi connectivity index (χ0) is 18.3. The predicted octanol–water partition coefficient (Wildman–Crippen LogP) is 4.07. The van der Waals surface area contributed by atoms with Gasteiger partial charge < -0.3 is 16.0 Å². The molecule has 0 unspecified atom stereocenters. The molecule has 0 aliphatic carbocycles. The third-order valence-electron chi connectivity index (χ3n) is 4.61. The molecule has 0 bridgehead atoms. The number of fused-ring (bicyclic) bond motifs is 2. The van der Waals surface area contributed by atoms with Gasteiger partial charge in [-0.15, -0.1) is 0 Å². The van der Waals surface area contributed by atoms with Gasteiger partial charge in [0.1, 0.15) is 18.2 Å². The van der Waals surface area contributed by atoms with Crippen LogP contribution in [0.2, 0.25) is 0 Å². The molecule has 0 saturated heterocycles. The lowest BCUT2D eigenvalue weighted by Gasteiger charge is -2.29. The van der Waals surface area contributed by atoms with Crippen LogP contribution < -0.4 is 16.0 Å². The van der Waals surface area contributed by atoms with Gasteiger partial charge in [-0.05, 0) is 37.1 Å². The first kappa shape index (κ1) is 16.3. The summed E-state index contributed by atoms with van der Waals surface area (Å²) in [6, 6.07) is 11.8. The Morgan fingerprint density at radius 1 is 1.08 bits per heavy atom. The second-order valence-corrected chi connectivity index (χ2v) is 6.98. The topological polar surface area (TPSA) is 78.9 Å². The molecule has 132 valence electrons. The van der Waals surface area contributed by atoms with E-state index in [2.05, 4.69) is 32.8 Å². The second kappa shape index (κ2) is 6.29. The highest BCUT2D eigenvalue weighted by atomic mass is 16.2. The van der Waals surface area contributed by atoms with Gasteiger partial charge in [-0.2, -0.15) is 0 Å². The van der Waals surface area contributed by atoms with Crippen molar-refractivity contribution >= 4 is 39.7 Å². The number of aromatic nitrogens is 2. The van der Waals surface area contributed by atoms with E-state index in [1.165, 1.54) is 5.56 Å². The number of carbonyl (C=O) groups excluding carboxylic acids is 1. The molecule has 0 saturated carbocycles. The van der Waals surface area contributed by atoms with Crippen molar-refractivity contribution in [2.75, 3.05) is 16.0 Å². The van der Waals surface area contributed by atoms with Gasteiger partial charge in [0.05, 0.1) is 16.9 Å². The molecule has 26 heavy (non-hydrogen) atoms. The molecule has 2 aromatic carbocycles. The monoisotopic (exact) mass is 347 g/mol. The van der Waals surface area contributed by atoms with Crippen LogP contribution in [0.1, 0.15) is 19.4 Å². The Labute approximate surface area is 152 Å². The molecular formula is C20H21N5O. The molecule has 2 heterocycles. The average molecular weight is 347 g/mol. The summed E-state index contributed by atoms with van der Waals surface area (Å²) in [7, 11) is 0. The highest BCUT2D eigenvalue weighted by Gasteiger charge is 2.28. The predicted molar refractivity (Wildman–Crippen MR) is 105 cm³/mol. The smallest absolute Gasteiger partial charge is 0.247 e. The number of hydrogen-bond acceptors (Lipinski definition) is 5. The molecule has 1 aliphatic rings. The van der Waals surface area contributed by atoms with Gasteiger partial charge in [-0.25, -0.2) is 9.97 Å².